The fraction of sp³-hybridized carbons (Fsp3) is 0.500. The van der Waals surface area contributed by atoms with Gasteiger partial charge in [0, 0.05) is 19.1 Å². The van der Waals surface area contributed by atoms with Crippen LogP contribution in [-0.2, 0) is 0 Å². The molecule has 0 atom stereocenters. The number of anilines is 1. The first kappa shape index (κ1) is 13.8. The number of nitrogens with two attached hydrogens (primary N) is 1. The summed E-state index contributed by atoms with van der Waals surface area (Å²) >= 11 is 0. The van der Waals surface area contributed by atoms with Gasteiger partial charge in [-0.3, -0.25) is 5.41 Å². The summed E-state index contributed by atoms with van der Waals surface area (Å²) in [6.07, 6.45) is 2.09. The first-order valence-corrected chi connectivity index (χ1v) is 6.55. The first-order chi connectivity index (χ1) is 9.00. The van der Waals surface area contributed by atoms with Crippen LogP contribution in [0.15, 0.2) is 18.2 Å². The van der Waals surface area contributed by atoms with Gasteiger partial charge < -0.3 is 15.5 Å². The van der Waals surface area contributed by atoms with E-state index in [1.807, 2.05) is 6.07 Å². The summed E-state index contributed by atoms with van der Waals surface area (Å²) in [6.45, 7) is 1.74. The van der Waals surface area contributed by atoms with Gasteiger partial charge in [0.1, 0.15) is 11.7 Å². The lowest BCUT2D eigenvalue weighted by Crippen LogP contribution is -2.42. The van der Waals surface area contributed by atoms with Gasteiger partial charge in [-0.1, -0.05) is 6.07 Å². The van der Waals surface area contributed by atoms with Gasteiger partial charge in [-0.15, -0.1) is 0 Å². The third-order valence-electron chi connectivity index (χ3n) is 3.80. The minimum absolute atomic E-state index is 0.206. The highest BCUT2D eigenvalue weighted by atomic mass is 19.1. The van der Waals surface area contributed by atoms with Crippen LogP contribution in [0.1, 0.15) is 18.4 Å². The van der Waals surface area contributed by atoms with Gasteiger partial charge in [-0.05, 0) is 39.1 Å². The van der Waals surface area contributed by atoms with Crippen molar-refractivity contribution >= 4 is 11.5 Å². The molecule has 0 radical (unpaired) electrons. The van der Waals surface area contributed by atoms with Crippen LogP contribution in [0.2, 0.25) is 0 Å². The minimum Gasteiger partial charge on any atom is -0.384 e. The molecule has 0 aliphatic carbocycles. The van der Waals surface area contributed by atoms with Gasteiger partial charge in [0.05, 0.1) is 11.3 Å². The maximum absolute atomic E-state index is 13.8. The maximum Gasteiger partial charge on any atom is 0.136 e. The van der Waals surface area contributed by atoms with Crippen LogP contribution in [0.25, 0.3) is 0 Å². The zero-order chi connectivity index (χ0) is 14.0. The number of nitrogens with one attached hydrogen (secondary N) is 1. The molecule has 19 heavy (non-hydrogen) atoms. The molecule has 0 spiro atoms. The summed E-state index contributed by atoms with van der Waals surface area (Å²) in [4.78, 5) is 4.36. The minimum atomic E-state index is -0.417. The van der Waals surface area contributed by atoms with E-state index in [1.54, 1.807) is 6.07 Å². The van der Waals surface area contributed by atoms with Crippen LogP contribution in [0, 0.1) is 11.2 Å². The Bertz CT molecular complexity index is 465. The SMILES string of the molecule is CN(C)C1CCN(c2cccc(F)c2C(=N)N)CC1. The largest absolute Gasteiger partial charge is 0.384 e. The second-order valence-corrected chi connectivity index (χ2v) is 5.23. The predicted molar refractivity (Wildman–Crippen MR) is 76.3 cm³/mol. The summed E-state index contributed by atoms with van der Waals surface area (Å²) < 4.78 is 13.8. The van der Waals surface area contributed by atoms with E-state index < -0.39 is 5.82 Å². The van der Waals surface area contributed by atoms with Gasteiger partial charge in [0.15, 0.2) is 0 Å². The lowest BCUT2D eigenvalue weighted by molar-refractivity contribution is 0.249. The zero-order valence-corrected chi connectivity index (χ0v) is 11.5. The number of hydrogen-bond acceptors (Lipinski definition) is 3. The van der Waals surface area contributed by atoms with Crippen molar-refractivity contribution < 1.29 is 4.39 Å². The third-order valence-corrected chi connectivity index (χ3v) is 3.80. The Kier molecular flexibility index (Phi) is 4.04. The molecule has 1 saturated heterocycles. The number of halogens is 1. The Hall–Kier alpha value is -1.62. The molecule has 1 aliphatic heterocycles. The standard InChI is InChI=1S/C14H21FN4/c1-18(2)10-6-8-19(9-7-10)12-5-3-4-11(15)13(12)14(16)17/h3-5,10H,6-9H2,1-2H3,(H3,16,17). The smallest absolute Gasteiger partial charge is 0.136 e. The number of benzene rings is 1. The van der Waals surface area contributed by atoms with Crippen LogP contribution < -0.4 is 10.6 Å². The fourth-order valence-electron chi connectivity index (χ4n) is 2.67. The second kappa shape index (κ2) is 5.57. The average Bonchev–Trinajstić information content (AvgIpc) is 2.38. The van der Waals surface area contributed by atoms with E-state index in [2.05, 4.69) is 23.9 Å². The number of hydrogen-bond donors (Lipinski definition) is 2. The summed E-state index contributed by atoms with van der Waals surface area (Å²) in [7, 11) is 4.17. The van der Waals surface area contributed by atoms with Crippen LogP contribution in [0.5, 0.6) is 0 Å². The Balaban J connectivity index is 2.20. The van der Waals surface area contributed by atoms with Crippen molar-refractivity contribution in [3.63, 3.8) is 0 Å². The molecule has 1 heterocycles. The first-order valence-electron chi connectivity index (χ1n) is 6.55. The molecule has 1 fully saturated rings. The summed E-state index contributed by atoms with van der Waals surface area (Å²) in [5.41, 5.74) is 6.47. The van der Waals surface area contributed by atoms with Crippen LogP contribution in [-0.4, -0.2) is 44.0 Å². The van der Waals surface area contributed by atoms with Gasteiger partial charge in [-0.25, -0.2) is 4.39 Å². The molecule has 1 aromatic rings. The average molecular weight is 264 g/mol. The van der Waals surface area contributed by atoms with Crippen LogP contribution >= 0.6 is 0 Å². The second-order valence-electron chi connectivity index (χ2n) is 5.23. The molecule has 104 valence electrons. The van der Waals surface area contributed by atoms with E-state index in [0.29, 0.717) is 6.04 Å². The normalized spacial score (nSPS) is 16.9. The summed E-state index contributed by atoms with van der Waals surface area (Å²) in [6, 6.07) is 5.45. The van der Waals surface area contributed by atoms with Crippen LogP contribution in [0.4, 0.5) is 10.1 Å². The fourth-order valence-corrected chi connectivity index (χ4v) is 2.67. The highest BCUT2D eigenvalue weighted by molar-refractivity contribution is 6.00. The summed E-state index contributed by atoms with van der Waals surface area (Å²) in [5.74, 6) is -0.623. The van der Waals surface area contributed by atoms with Gasteiger partial charge >= 0.3 is 0 Å². The van der Waals surface area contributed by atoms with E-state index in [4.69, 9.17) is 11.1 Å². The molecular formula is C14H21FN4. The zero-order valence-electron chi connectivity index (χ0n) is 11.5. The van der Waals surface area contributed by atoms with Crippen molar-refractivity contribution in [2.45, 2.75) is 18.9 Å². The quantitative estimate of drug-likeness (QED) is 0.644. The molecule has 0 unspecified atom stereocenters. The van der Waals surface area contributed by atoms with E-state index in [9.17, 15) is 4.39 Å². The van der Waals surface area contributed by atoms with Crippen molar-refractivity contribution in [2.75, 3.05) is 32.1 Å². The third kappa shape index (κ3) is 2.87. The molecular weight excluding hydrogens is 243 g/mol. The highest BCUT2D eigenvalue weighted by Gasteiger charge is 2.23. The number of nitrogens with zero attached hydrogens (tertiary/aromatic N) is 2. The molecule has 0 aromatic heterocycles. The monoisotopic (exact) mass is 264 g/mol. The molecule has 0 amide bonds. The van der Waals surface area contributed by atoms with Crippen molar-refractivity contribution in [2.24, 2.45) is 5.73 Å². The Morgan fingerprint density at radius 1 is 1.37 bits per heavy atom. The number of rotatable bonds is 3. The number of nitrogen functional groups attached to an aromatic ring is 1. The molecule has 5 heteroatoms. The van der Waals surface area contributed by atoms with E-state index in [0.717, 1.165) is 31.6 Å². The Labute approximate surface area is 113 Å². The van der Waals surface area contributed by atoms with Crippen molar-refractivity contribution in [3.8, 4) is 0 Å². The molecule has 4 nitrogen and oxygen atoms in total. The Morgan fingerprint density at radius 3 is 2.53 bits per heavy atom. The van der Waals surface area contributed by atoms with E-state index in [1.165, 1.54) is 6.07 Å². The Morgan fingerprint density at radius 2 is 2.00 bits per heavy atom. The van der Waals surface area contributed by atoms with Gasteiger partial charge in [0.2, 0.25) is 0 Å². The number of amidine groups is 1. The van der Waals surface area contributed by atoms with Gasteiger partial charge in [-0.2, -0.15) is 0 Å². The van der Waals surface area contributed by atoms with Crippen molar-refractivity contribution in [1.29, 1.82) is 5.41 Å². The predicted octanol–water partition coefficient (Wildman–Crippen LogP) is 1.64. The molecule has 0 bridgehead atoms. The molecule has 3 N–H and O–H groups in total. The highest BCUT2D eigenvalue weighted by Crippen LogP contribution is 2.26. The van der Waals surface area contributed by atoms with Crippen LogP contribution in [0.3, 0.4) is 0 Å². The van der Waals surface area contributed by atoms with E-state index in [-0.39, 0.29) is 11.4 Å². The van der Waals surface area contributed by atoms with Crippen molar-refractivity contribution in [3.05, 3.63) is 29.6 Å². The molecule has 1 aromatic carbocycles. The lowest BCUT2D eigenvalue weighted by atomic mass is 10.0. The lowest BCUT2D eigenvalue weighted by Gasteiger charge is -2.37. The summed E-state index contributed by atoms with van der Waals surface area (Å²) in [5, 5.41) is 7.55. The van der Waals surface area contributed by atoms with Gasteiger partial charge in [0.25, 0.3) is 0 Å². The topological polar surface area (TPSA) is 56.4 Å². The van der Waals surface area contributed by atoms with E-state index >= 15 is 0 Å². The maximum atomic E-state index is 13.8. The molecule has 1 aliphatic rings. The van der Waals surface area contributed by atoms with Crippen molar-refractivity contribution in [1.82, 2.24) is 4.90 Å². The molecule has 2 rings (SSSR count). The molecule has 0 saturated carbocycles. The number of piperidine rings is 1.